The number of benzene rings is 2. The summed E-state index contributed by atoms with van der Waals surface area (Å²) in [4.78, 5) is 0. The summed E-state index contributed by atoms with van der Waals surface area (Å²) in [6.45, 7) is 0.794. The van der Waals surface area contributed by atoms with Crippen LogP contribution in [-0.4, -0.2) is 25.4 Å². The molecule has 21 heavy (non-hydrogen) atoms. The van der Waals surface area contributed by atoms with E-state index in [1.807, 2.05) is 0 Å². The van der Waals surface area contributed by atoms with Crippen LogP contribution >= 0.6 is 11.6 Å². The Balaban J connectivity index is 2.30. The topological polar surface area (TPSA) is 38.7 Å². The van der Waals surface area contributed by atoms with Crippen molar-refractivity contribution in [3.8, 4) is 5.75 Å². The van der Waals surface area contributed by atoms with E-state index in [0.29, 0.717) is 30.1 Å². The Kier molecular flexibility index (Phi) is 5.56. The van der Waals surface area contributed by atoms with Gasteiger partial charge in [0.15, 0.2) is 0 Å². The van der Waals surface area contributed by atoms with Gasteiger partial charge in [0.1, 0.15) is 24.3 Å². The maximum Gasteiger partial charge on any atom is 0.142 e. The van der Waals surface area contributed by atoms with Crippen molar-refractivity contribution in [2.75, 3.05) is 20.3 Å². The van der Waals surface area contributed by atoms with E-state index in [0.717, 1.165) is 0 Å². The molecule has 1 atom stereocenters. The number of hydrogen-bond acceptors (Lipinski definition) is 3. The second-order valence-electron chi connectivity index (χ2n) is 4.42. The molecule has 0 saturated heterocycles. The van der Waals surface area contributed by atoms with Crippen molar-refractivity contribution in [3.63, 3.8) is 0 Å². The van der Waals surface area contributed by atoms with Crippen LogP contribution in [0.4, 0.5) is 4.39 Å². The van der Waals surface area contributed by atoms with E-state index in [-0.39, 0.29) is 5.02 Å². The Morgan fingerprint density at radius 2 is 1.81 bits per heavy atom. The van der Waals surface area contributed by atoms with Crippen LogP contribution in [0.15, 0.2) is 42.5 Å². The maximum absolute atomic E-state index is 13.5. The molecule has 2 aromatic carbocycles. The zero-order chi connectivity index (χ0) is 15.2. The summed E-state index contributed by atoms with van der Waals surface area (Å²) >= 11 is 5.92. The zero-order valence-corrected chi connectivity index (χ0v) is 12.3. The first-order valence-corrected chi connectivity index (χ1v) is 6.85. The first kappa shape index (κ1) is 15.8. The van der Waals surface area contributed by atoms with Crippen molar-refractivity contribution in [2.24, 2.45) is 0 Å². The van der Waals surface area contributed by atoms with Gasteiger partial charge in [0.2, 0.25) is 0 Å². The number of ether oxygens (including phenoxy) is 2. The molecule has 1 unspecified atom stereocenters. The highest BCUT2D eigenvalue weighted by Gasteiger charge is 2.19. The van der Waals surface area contributed by atoms with Crippen LogP contribution in [0, 0.1) is 5.82 Å². The molecule has 0 heterocycles. The van der Waals surface area contributed by atoms with Crippen LogP contribution in [0.3, 0.4) is 0 Å². The number of methoxy groups -OCH3 is 1. The standard InChI is InChI=1S/C16H16ClFO3/c1-20-9-10-21-14-8-3-2-5-11(14)16(19)12-6-4-7-13(18)15(12)17/h2-8,16,19H,9-10H2,1H3. The molecule has 0 bridgehead atoms. The Bertz CT molecular complexity index is 604. The third-order valence-corrected chi connectivity index (χ3v) is 3.43. The summed E-state index contributed by atoms with van der Waals surface area (Å²) in [6, 6.07) is 11.4. The Hall–Kier alpha value is -1.62. The average Bonchev–Trinajstić information content (AvgIpc) is 2.50. The molecular formula is C16H16ClFO3. The van der Waals surface area contributed by atoms with Crippen molar-refractivity contribution in [1.82, 2.24) is 0 Å². The van der Waals surface area contributed by atoms with Crippen molar-refractivity contribution in [3.05, 3.63) is 64.4 Å². The molecule has 2 aromatic rings. The third kappa shape index (κ3) is 3.73. The molecule has 0 spiro atoms. The first-order chi connectivity index (χ1) is 10.1. The number of aliphatic hydroxyl groups excluding tert-OH is 1. The Morgan fingerprint density at radius 1 is 1.10 bits per heavy atom. The quantitative estimate of drug-likeness (QED) is 0.829. The van der Waals surface area contributed by atoms with E-state index in [9.17, 15) is 9.50 Å². The van der Waals surface area contributed by atoms with Gasteiger partial charge in [-0.25, -0.2) is 4.39 Å². The molecule has 5 heteroatoms. The lowest BCUT2D eigenvalue weighted by molar-refractivity contribution is 0.142. The van der Waals surface area contributed by atoms with E-state index < -0.39 is 11.9 Å². The molecule has 112 valence electrons. The molecule has 1 N–H and O–H groups in total. The third-order valence-electron chi connectivity index (χ3n) is 3.03. The molecule has 0 amide bonds. The highest BCUT2D eigenvalue weighted by Crippen LogP contribution is 2.34. The van der Waals surface area contributed by atoms with Gasteiger partial charge in [0, 0.05) is 18.2 Å². The molecule has 0 radical (unpaired) electrons. The van der Waals surface area contributed by atoms with Crippen molar-refractivity contribution >= 4 is 11.6 Å². The monoisotopic (exact) mass is 310 g/mol. The van der Waals surface area contributed by atoms with E-state index in [1.54, 1.807) is 37.4 Å². The summed E-state index contributed by atoms with van der Waals surface area (Å²) in [5, 5.41) is 10.4. The molecule has 0 aromatic heterocycles. The molecule has 0 aliphatic rings. The fraction of sp³-hybridized carbons (Fsp3) is 0.250. The molecule has 0 aliphatic carbocycles. The van der Waals surface area contributed by atoms with Gasteiger partial charge in [0.05, 0.1) is 11.6 Å². The molecule has 0 aliphatic heterocycles. The van der Waals surface area contributed by atoms with Gasteiger partial charge in [-0.1, -0.05) is 41.9 Å². The van der Waals surface area contributed by atoms with Crippen molar-refractivity contribution in [1.29, 1.82) is 0 Å². The second-order valence-corrected chi connectivity index (χ2v) is 4.80. The lowest BCUT2D eigenvalue weighted by Crippen LogP contribution is -2.09. The van der Waals surface area contributed by atoms with Crippen LogP contribution in [0.25, 0.3) is 0 Å². The van der Waals surface area contributed by atoms with E-state index in [2.05, 4.69) is 0 Å². The van der Waals surface area contributed by atoms with Gasteiger partial charge in [-0.2, -0.15) is 0 Å². The van der Waals surface area contributed by atoms with E-state index >= 15 is 0 Å². The zero-order valence-electron chi connectivity index (χ0n) is 11.6. The van der Waals surface area contributed by atoms with Gasteiger partial charge in [0.25, 0.3) is 0 Å². The molecule has 2 rings (SSSR count). The van der Waals surface area contributed by atoms with Crippen LogP contribution in [0.1, 0.15) is 17.2 Å². The Labute approximate surface area is 127 Å². The molecule has 0 saturated carbocycles. The average molecular weight is 311 g/mol. The highest BCUT2D eigenvalue weighted by atomic mass is 35.5. The predicted molar refractivity (Wildman–Crippen MR) is 79.3 cm³/mol. The minimum Gasteiger partial charge on any atom is -0.491 e. The van der Waals surface area contributed by atoms with E-state index in [4.69, 9.17) is 21.1 Å². The molecule has 3 nitrogen and oxygen atoms in total. The lowest BCUT2D eigenvalue weighted by Gasteiger charge is -2.17. The summed E-state index contributed by atoms with van der Waals surface area (Å²) < 4.78 is 24.0. The normalized spacial score (nSPS) is 12.2. The van der Waals surface area contributed by atoms with Crippen LogP contribution < -0.4 is 4.74 Å². The highest BCUT2D eigenvalue weighted by molar-refractivity contribution is 6.31. The smallest absolute Gasteiger partial charge is 0.142 e. The fourth-order valence-corrected chi connectivity index (χ4v) is 2.20. The minimum absolute atomic E-state index is 0.0864. The maximum atomic E-state index is 13.5. The minimum atomic E-state index is -1.06. The summed E-state index contributed by atoms with van der Waals surface area (Å²) in [5.41, 5.74) is 0.834. The largest absolute Gasteiger partial charge is 0.491 e. The van der Waals surface area contributed by atoms with Crippen LogP contribution in [0.5, 0.6) is 5.75 Å². The summed E-state index contributed by atoms with van der Waals surface area (Å²) in [5.74, 6) is -0.0478. The van der Waals surface area contributed by atoms with Gasteiger partial charge in [-0.15, -0.1) is 0 Å². The summed E-state index contributed by atoms with van der Waals surface area (Å²) in [7, 11) is 1.58. The first-order valence-electron chi connectivity index (χ1n) is 6.47. The summed E-state index contributed by atoms with van der Waals surface area (Å²) in [6.07, 6.45) is -1.06. The lowest BCUT2D eigenvalue weighted by atomic mass is 10.0. The van der Waals surface area contributed by atoms with Gasteiger partial charge in [-0.3, -0.25) is 0 Å². The number of halogens is 2. The van der Waals surface area contributed by atoms with Gasteiger partial charge < -0.3 is 14.6 Å². The van der Waals surface area contributed by atoms with Gasteiger partial charge >= 0.3 is 0 Å². The van der Waals surface area contributed by atoms with Crippen molar-refractivity contribution in [2.45, 2.75) is 6.10 Å². The predicted octanol–water partition coefficient (Wildman–Crippen LogP) is 3.59. The van der Waals surface area contributed by atoms with Crippen LogP contribution in [0.2, 0.25) is 5.02 Å². The molecule has 0 fully saturated rings. The number of aliphatic hydroxyl groups is 1. The van der Waals surface area contributed by atoms with Crippen LogP contribution in [-0.2, 0) is 4.74 Å². The number of para-hydroxylation sites is 1. The fourth-order valence-electron chi connectivity index (χ4n) is 1.97. The Morgan fingerprint density at radius 3 is 2.57 bits per heavy atom. The molecular weight excluding hydrogens is 295 g/mol. The SMILES string of the molecule is COCCOc1ccccc1C(O)c1cccc(F)c1Cl. The van der Waals surface area contributed by atoms with E-state index in [1.165, 1.54) is 12.1 Å². The number of rotatable bonds is 6. The second kappa shape index (κ2) is 7.41. The van der Waals surface area contributed by atoms with Crippen molar-refractivity contribution < 1.29 is 19.0 Å². The van der Waals surface area contributed by atoms with Gasteiger partial charge in [-0.05, 0) is 12.1 Å². The number of hydrogen-bond donors (Lipinski definition) is 1.